The monoisotopic (exact) mass is 318 g/mol. The number of rotatable bonds is 2. The molecule has 1 atom stereocenters. The largest absolute Gasteiger partial charge is 0.327 e. The lowest BCUT2D eigenvalue weighted by Crippen LogP contribution is -2.41. The highest BCUT2D eigenvalue weighted by Gasteiger charge is 2.31. The van der Waals surface area contributed by atoms with E-state index in [-0.39, 0.29) is 5.69 Å². The van der Waals surface area contributed by atoms with Gasteiger partial charge >= 0.3 is 6.03 Å². The molecule has 2 amide bonds. The molecule has 0 saturated carbocycles. The molecular formula is C18H14N4O2. The van der Waals surface area contributed by atoms with Gasteiger partial charge in [0.25, 0.3) is 5.56 Å². The SMILES string of the molecule is O=C1Nc2c(c(-c3ccccc3)n[nH]c2=O)C(c2ccccc2)N1. The summed E-state index contributed by atoms with van der Waals surface area (Å²) in [7, 11) is 0. The minimum Gasteiger partial charge on any atom is -0.327 e. The van der Waals surface area contributed by atoms with Gasteiger partial charge in [-0.2, -0.15) is 5.10 Å². The van der Waals surface area contributed by atoms with Gasteiger partial charge in [-0.3, -0.25) is 4.79 Å². The van der Waals surface area contributed by atoms with Gasteiger partial charge in [-0.05, 0) is 5.56 Å². The highest BCUT2D eigenvalue weighted by atomic mass is 16.2. The smallest absolute Gasteiger partial charge is 0.320 e. The quantitative estimate of drug-likeness (QED) is 0.679. The molecule has 118 valence electrons. The van der Waals surface area contributed by atoms with Crippen LogP contribution in [0.2, 0.25) is 0 Å². The molecule has 0 fully saturated rings. The Balaban J connectivity index is 1.99. The van der Waals surface area contributed by atoms with Crippen molar-refractivity contribution in [3.8, 4) is 11.3 Å². The molecule has 2 aromatic carbocycles. The molecule has 0 radical (unpaired) electrons. The third kappa shape index (κ3) is 2.34. The highest BCUT2D eigenvalue weighted by Crippen LogP contribution is 2.35. The molecule has 1 aliphatic heterocycles. The van der Waals surface area contributed by atoms with Gasteiger partial charge in [0.1, 0.15) is 5.69 Å². The van der Waals surface area contributed by atoms with E-state index in [1.165, 1.54) is 0 Å². The van der Waals surface area contributed by atoms with Crippen LogP contribution in [0.4, 0.5) is 10.5 Å². The molecule has 6 nitrogen and oxygen atoms in total. The summed E-state index contributed by atoms with van der Waals surface area (Å²) in [6, 6.07) is 18.2. The average molecular weight is 318 g/mol. The number of urea groups is 1. The number of nitrogens with zero attached hydrogens (tertiary/aromatic N) is 1. The lowest BCUT2D eigenvalue weighted by atomic mass is 9.92. The van der Waals surface area contributed by atoms with Crippen molar-refractivity contribution < 1.29 is 4.79 Å². The summed E-state index contributed by atoms with van der Waals surface area (Å²) in [4.78, 5) is 24.2. The number of benzene rings is 2. The zero-order valence-corrected chi connectivity index (χ0v) is 12.6. The van der Waals surface area contributed by atoms with Crippen LogP contribution in [0, 0.1) is 0 Å². The Morgan fingerprint density at radius 1 is 0.875 bits per heavy atom. The zero-order chi connectivity index (χ0) is 16.5. The molecule has 0 bridgehead atoms. The number of carbonyl (C=O) groups excluding carboxylic acids is 1. The van der Waals surface area contributed by atoms with Crippen molar-refractivity contribution in [3.05, 3.63) is 82.1 Å². The van der Waals surface area contributed by atoms with Gasteiger partial charge in [-0.15, -0.1) is 0 Å². The van der Waals surface area contributed by atoms with Gasteiger partial charge in [-0.25, -0.2) is 9.89 Å². The van der Waals surface area contributed by atoms with Gasteiger partial charge in [0.05, 0.1) is 11.7 Å². The summed E-state index contributed by atoms with van der Waals surface area (Å²) in [5, 5.41) is 12.2. The van der Waals surface area contributed by atoms with Crippen molar-refractivity contribution in [1.82, 2.24) is 15.5 Å². The molecule has 2 heterocycles. The van der Waals surface area contributed by atoms with Crippen LogP contribution in [0.1, 0.15) is 17.2 Å². The van der Waals surface area contributed by atoms with Crippen molar-refractivity contribution in [2.75, 3.05) is 5.32 Å². The first-order chi connectivity index (χ1) is 11.7. The molecule has 1 unspecified atom stereocenters. The van der Waals surface area contributed by atoms with Crippen molar-refractivity contribution >= 4 is 11.7 Å². The predicted octanol–water partition coefficient (Wildman–Crippen LogP) is 2.66. The minimum absolute atomic E-state index is 0.237. The molecule has 1 aliphatic rings. The number of carbonyl (C=O) groups is 1. The Morgan fingerprint density at radius 3 is 2.25 bits per heavy atom. The summed E-state index contributed by atoms with van der Waals surface area (Å²) < 4.78 is 0. The van der Waals surface area contributed by atoms with Crippen LogP contribution in [-0.4, -0.2) is 16.2 Å². The van der Waals surface area contributed by atoms with Gasteiger partial charge in [0.2, 0.25) is 0 Å². The van der Waals surface area contributed by atoms with Crippen LogP contribution >= 0.6 is 0 Å². The van der Waals surface area contributed by atoms with E-state index in [1.54, 1.807) is 0 Å². The number of hydrogen-bond donors (Lipinski definition) is 3. The number of hydrogen-bond acceptors (Lipinski definition) is 3. The molecular weight excluding hydrogens is 304 g/mol. The van der Waals surface area contributed by atoms with Crippen LogP contribution in [0.5, 0.6) is 0 Å². The summed E-state index contributed by atoms with van der Waals surface area (Å²) in [5.74, 6) is 0. The third-order valence-corrected chi connectivity index (χ3v) is 4.00. The summed E-state index contributed by atoms with van der Waals surface area (Å²) >= 11 is 0. The molecule has 0 spiro atoms. The van der Waals surface area contributed by atoms with Crippen molar-refractivity contribution in [2.45, 2.75) is 6.04 Å². The number of aromatic nitrogens is 2. The minimum atomic E-state index is -0.444. The van der Waals surface area contributed by atoms with Crippen LogP contribution < -0.4 is 16.2 Å². The van der Waals surface area contributed by atoms with E-state index in [4.69, 9.17) is 0 Å². The fourth-order valence-corrected chi connectivity index (χ4v) is 2.93. The Morgan fingerprint density at radius 2 is 1.54 bits per heavy atom. The fourth-order valence-electron chi connectivity index (χ4n) is 2.93. The Hall–Kier alpha value is -3.41. The number of H-pyrrole nitrogens is 1. The number of aromatic amines is 1. The average Bonchev–Trinajstić information content (AvgIpc) is 2.63. The maximum absolute atomic E-state index is 12.2. The Labute approximate surface area is 137 Å². The molecule has 0 saturated heterocycles. The number of anilines is 1. The lowest BCUT2D eigenvalue weighted by Gasteiger charge is -2.28. The van der Waals surface area contributed by atoms with E-state index in [1.807, 2.05) is 60.7 Å². The van der Waals surface area contributed by atoms with Crippen molar-refractivity contribution in [3.63, 3.8) is 0 Å². The van der Waals surface area contributed by atoms with Crippen molar-refractivity contribution in [2.24, 2.45) is 0 Å². The molecule has 1 aromatic heterocycles. The molecule has 3 aromatic rings. The second kappa shape index (κ2) is 5.66. The van der Waals surface area contributed by atoms with Crippen LogP contribution in [0.25, 0.3) is 11.3 Å². The second-order valence-electron chi connectivity index (χ2n) is 5.50. The van der Waals surface area contributed by atoms with E-state index in [0.29, 0.717) is 11.3 Å². The van der Waals surface area contributed by atoms with E-state index >= 15 is 0 Å². The standard InChI is InChI=1S/C18H14N4O2/c23-17-16-13(15(21-22-17)12-9-5-2-6-10-12)14(19-18(24)20-16)11-7-3-1-4-8-11/h1-10,14H,(H,22,23)(H2,19,20,24). The Bertz CT molecular complexity index is 952. The molecule has 6 heteroatoms. The fraction of sp³-hybridized carbons (Fsp3) is 0.0556. The molecule has 4 rings (SSSR count). The van der Waals surface area contributed by atoms with Crippen LogP contribution in [-0.2, 0) is 0 Å². The van der Waals surface area contributed by atoms with Gasteiger partial charge in [0, 0.05) is 11.1 Å². The van der Waals surface area contributed by atoms with Gasteiger partial charge < -0.3 is 10.6 Å². The van der Waals surface area contributed by atoms with Crippen molar-refractivity contribution in [1.29, 1.82) is 0 Å². The summed E-state index contributed by atoms with van der Waals surface area (Å²) in [6.07, 6.45) is 0. The topological polar surface area (TPSA) is 86.9 Å². The predicted molar refractivity (Wildman–Crippen MR) is 90.7 cm³/mol. The molecule has 0 aliphatic carbocycles. The highest BCUT2D eigenvalue weighted by molar-refractivity contribution is 5.95. The van der Waals surface area contributed by atoms with E-state index in [0.717, 1.165) is 11.1 Å². The first-order valence-electron chi connectivity index (χ1n) is 7.54. The van der Waals surface area contributed by atoms with Gasteiger partial charge in [-0.1, -0.05) is 60.7 Å². The maximum Gasteiger partial charge on any atom is 0.320 e. The summed E-state index contributed by atoms with van der Waals surface area (Å²) in [5.41, 5.74) is 2.87. The molecule has 24 heavy (non-hydrogen) atoms. The maximum atomic E-state index is 12.2. The Kier molecular flexibility index (Phi) is 3.35. The number of fused-ring (bicyclic) bond motifs is 1. The lowest BCUT2D eigenvalue weighted by molar-refractivity contribution is 0.249. The van der Waals surface area contributed by atoms with E-state index < -0.39 is 17.6 Å². The zero-order valence-electron chi connectivity index (χ0n) is 12.6. The number of nitrogens with one attached hydrogen (secondary N) is 3. The first kappa shape index (κ1) is 14.2. The van der Waals surface area contributed by atoms with Gasteiger partial charge in [0.15, 0.2) is 0 Å². The van der Waals surface area contributed by atoms with E-state index in [9.17, 15) is 9.59 Å². The van der Waals surface area contributed by atoms with Crippen LogP contribution in [0.3, 0.4) is 0 Å². The number of amides is 2. The van der Waals surface area contributed by atoms with Crippen LogP contribution in [0.15, 0.2) is 65.5 Å². The molecule has 3 N–H and O–H groups in total. The van der Waals surface area contributed by atoms with E-state index in [2.05, 4.69) is 20.8 Å². The normalized spacial score (nSPS) is 16.0. The summed E-state index contributed by atoms with van der Waals surface area (Å²) in [6.45, 7) is 0. The first-order valence-corrected chi connectivity index (χ1v) is 7.54. The second-order valence-corrected chi connectivity index (χ2v) is 5.50. The third-order valence-electron chi connectivity index (χ3n) is 4.00.